The van der Waals surface area contributed by atoms with Gasteiger partial charge in [-0.2, -0.15) is 0 Å². The summed E-state index contributed by atoms with van der Waals surface area (Å²) in [6, 6.07) is 3.37. The first-order valence-corrected chi connectivity index (χ1v) is 7.02. The summed E-state index contributed by atoms with van der Waals surface area (Å²) in [5.41, 5.74) is 1.15. The molecular formula is C15H22N2O2. The number of aliphatic hydroxyl groups excluding tert-OH is 1. The minimum Gasteiger partial charge on any atom is -0.390 e. The van der Waals surface area contributed by atoms with Gasteiger partial charge in [0.15, 0.2) is 0 Å². The fourth-order valence-corrected chi connectivity index (χ4v) is 2.76. The van der Waals surface area contributed by atoms with Crippen LogP contribution in [0, 0.1) is 5.92 Å². The summed E-state index contributed by atoms with van der Waals surface area (Å²) in [4.78, 5) is 18.1. The molecule has 1 saturated carbocycles. The summed E-state index contributed by atoms with van der Waals surface area (Å²) in [6.07, 6.45) is 7.95. The molecule has 0 saturated heterocycles. The van der Waals surface area contributed by atoms with E-state index < -0.39 is 0 Å². The Morgan fingerprint density at radius 3 is 2.84 bits per heavy atom. The second-order valence-electron chi connectivity index (χ2n) is 5.38. The first-order valence-electron chi connectivity index (χ1n) is 7.02. The first-order chi connectivity index (χ1) is 9.20. The zero-order valence-electron chi connectivity index (χ0n) is 11.5. The summed E-state index contributed by atoms with van der Waals surface area (Å²) in [6.45, 7) is 0.697. The molecule has 1 aromatic heterocycles. The van der Waals surface area contributed by atoms with Crippen molar-refractivity contribution >= 4 is 5.91 Å². The molecule has 4 nitrogen and oxygen atoms in total. The van der Waals surface area contributed by atoms with Crippen LogP contribution in [0.1, 0.15) is 48.2 Å². The molecule has 0 bridgehead atoms. The normalized spacial score (nSPS) is 16.3. The first kappa shape index (κ1) is 14.0. The average molecular weight is 262 g/mol. The number of pyridine rings is 1. The molecule has 1 fully saturated rings. The van der Waals surface area contributed by atoms with Crippen molar-refractivity contribution in [2.45, 2.75) is 38.7 Å². The molecule has 0 aliphatic heterocycles. The highest BCUT2D eigenvalue weighted by atomic mass is 16.3. The Bertz CT molecular complexity index is 428. The van der Waals surface area contributed by atoms with Crippen LogP contribution in [-0.4, -0.2) is 34.5 Å². The zero-order chi connectivity index (χ0) is 13.7. The average Bonchev–Trinajstić information content (AvgIpc) is 2.47. The van der Waals surface area contributed by atoms with Gasteiger partial charge in [0.1, 0.15) is 0 Å². The van der Waals surface area contributed by atoms with E-state index in [2.05, 4.69) is 4.98 Å². The van der Waals surface area contributed by atoms with Gasteiger partial charge in [0, 0.05) is 25.4 Å². The molecule has 1 heterocycles. The zero-order valence-corrected chi connectivity index (χ0v) is 11.5. The number of aromatic nitrogens is 1. The van der Waals surface area contributed by atoms with E-state index in [1.54, 1.807) is 23.2 Å². The molecule has 1 N–H and O–H groups in total. The fourth-order valence-electron chi connectivity index (χ4n) is 2.76. The van der Waals surface area contributed by atoms with E-state index in [1.165, 1.54) is 32.1 Å². The second kappa shape index (κ2) is 6.66. The molecule has 0 radical (unpaired) electrons. The Morgan fingerprint density at radius 2 is 2.16 bits per heavy atom. The van der Waals surface area contributed by atoms with Crippen molar-refractivity contribution < 1.29 is 9.90 Å². The molecule has 1 amide bonds. The quantitative estimate of drug-likeness (QED) is 0.905. The molecule has 0 atom stereocenters. The molecular weight excluding hydrogens is 240 g/mol. The monoisotopic (exact) mass is 262 g/mol. The Labute approximate surface area is 114 Å². The number of hydrogen-bond donors (Lipinski definition) is 1. The van der Waals surface area contributed by atoms with E-state index in [-0.39, 0.29) is 12.5 Å². The Kier molecular flexibility index (Phi) is 4.91. The lowest BCUT2D eigenvalue weighted by Gasteiger charge is -2.27. The van der Waals surface area contributed by atoms with Crippen LogP contribution in [-0.2, 0) is 6.61 Å². The number of carbonyl (C=O) groups is 1. The highest BCUT2D eigenvalue weighted by molar-refractivity contribution is 5.94. The van der Waals surface area contributed by atoms with Gasteiger partial charge < -0.3 is 10.0 Å². The van der Waals surface area contributed by atoms with Crippen molar-refractivity contribution in [3.63, 3.8) is 0 Å². The van der Waals surface area contributed by atoms with E-state index >= 15 is 0 Å². The van der Waals surface area contributed by atoms with Crippen LogP contribution in [0.25, 0.3) is 0 Å². The van der Waals surface area contributed by atoms with Crippen LogP contribution in [0.15, 0.2) is 18.3 Å². The highest BCUT2D eigenvalue weighted by Gasteiger charge is 2.19. The van der Waals surface area contributed by atoms with Gasteiger partial charge in [-0.25, -0.2) is 0 Å². The highest BCUT2D eigenvalue weighted by Crippen LogP contribution is 2.24. The van der Waals surface area contributed by atoms with Crippen molar-refractivity contribution in [2.75, 3.05) is 13.6 Å². The SMILES string of the molecule is CN(CC1CCCCC1)C(=O)c1ccnc(CO)c1. The molecule has 0 aromatic carbocycles. The van der Waals surface area contributed by atoms with Crippen molar-refractivity contribution in [1.82, 2.24) is 9.88 Å². The number of aliphatic hydroxyl groups is 1. The minimum atomic E-state index is -0.131. The Balaban J connectivity index is 1.97. The Morgan fingerprint density at radius 1 is 1.42 bits per heavy atom. The van der Waals surface area contributed by atoms with Crippen LogP contribution in [0.2, 0.25) is 0 Å². The number of carbonyl (C=O) groups excluding carboxylic acids is 1. The van der Waals surface area contributed by atoms with Crippen molar-refractivity contribution in [3.05, 3.63) is 29.6 Å². The number of rotatable bonds is 4. The van der Waals surface area contributed by atoms with Gasteiger partial charge >= 0.3 is 0 Å². The van der Waals surface area contributed by atoms with Gasteiger partial charge in [-0.1, -0.05) is 19.3 Å². The number of nitrogens with zero attached hydrogens (tertiary/aromatic N) is 2. The summed E-state index contributed by atoms with van der Waals surface area (Å²) < 4.78 is 0. The summed E-state index contributed by atoms with van der Waals surface area (Å²) in [5, 5.41) is 9.06. The molecule has 0 spiro atoms. The van der Waals surface area contributed by atoms with Crippen molar-refractivity contribution in [3.8, 4) is 0 Å². The van der Waals surface area contributed by atoms with E-state index in [0.717, 1.165) is 6.54 Å². The third kappa shape index (κ3) is 3.77. The maximum atomic E-state index is 12.3. The van der Waals surface area contributed by atoms with E-state index in [0.29, 0.717) is 17.2 Å². The van der Waals surface area contributed by atoms with Gasteiger partial charge in [0.05, 0.1) is 12.3 Å². The maximum Gasteiger partial charge on any atom is 0.253 e. The van der Waals surface area contributed by atoms with Crippen LogP contribution >= 0.6 is 0 Å². The summed E-state index contributed by atoms with van der Waals surface area (Å²) in [7, 11) is 1.86. The molecule has 19 heavy (non-hydrogen) atoms. The maximum absolute atomic E-state index is 12.3. The molecule has 1 aliphatic rings. The number of amides is 1. The standard InChI is InChI=1S/C15H22N2O2/c1-17(10-12-5-3-2-4-6-12)15(19)13-7-8-16-14(9-13)11-18/h7-9,12,18H,2-6,10-11H2,1H3. The van der Waals surface area contributed by atoms with Crippen LogP contribution < -0.4 is 0 Å². The van der Waals surface area contributed by atoms with E-state index in [1.807, 2.05) is 7.05 Å². The fraction of sp³-hybridized carbons (Fsp3) is 0.600. The molecule has 2 rings (SSSR count). The van der Waals surface area contributed by atoms with E-state index in [9.17, 15) is 4.79 Å². The minimum absolute atomic E-state index is 0.0164. The third-order valence-electron chi connectivity index (χ3n) is 3.83. The van der Waals surface area contributed by atoms with Crippen LogP contribution in [0.3, 0.4) is 0 Å². The lowest BCUT2D eigenvalue weighted by molar-refractivity contribution is 0.0760. The van der Waals surface area contributed by atoms with Crippen LogP contribution in [0.5, 0.6) is 0 Å². The smallest absolute Gasteiger partial charge is 0.253 e. The predicted octanol–water partition coefficient (Wildman–Crippen LogP) is 2.23. The third-order valence-corrected chi connectivity index (χ3v) is 3.83. The molecule has 1 aliphatic carbocycles. The van der Waals surface area contributed by atoms with Crippen LogP contribution in [0.4, 0.5) is 0 Å². The Hall–Kier alpha value is -1.42. The van der Waals surface area contributed by atoms with Gasteiger partial charge in [-0.15, -0.1) is 0 Å². The molecule has 1 aromatic rings. The predicted molar refractivity (Wildman–Crippen MR) is 73.7 cm³/mol. The van der Waals surface area contributed by atoms with Gasteiger partial charge in [-0.05, 0) is 30.9 Å². The summed E-state index contributed by atoms with van der Waals surface area (Å²) >= 11 is 0. The van der Waals surface area contributed by atoms with Gasteiger partial charge in [0.25, 0.3) is 5.91 Å². The second-order valence-corrected chi connectivity index (χ2v) is 5.38. The van der Waals surface area contributed by atoms with Gasteiger partial charge in [-0.3, -0.25) is 9.78 Å². The molecule has 4 heteroatoms. The van der Waals surface area contributed by atoms with Crippen molar-refractivity contribution in [1.29, 1.82) is 0 Å². The largest absolute Gasteiger partial charge is 0.390 e. The van der Waals surface area contributed by atoms with E-state index in [4.69, 9.17) is 5.11 Å². The van der Waals surface area contributed by atoms with Gasteiger partial charge in [0.2, 0.25) is 0 Å². The summed E-state index contributed by atoms with van der Waals surface area (Å²) in [5.74, 6) is 0.657. The lowest BCUT2D eigenvalue weighted by atomic mass is 9.89. The van der Waals surface area contributed by atoms with Crippen molar-refractivity contribution in [2.24, 2.45) is 5.92 Å². The molecule has 104 valence electrons. The topological polar surface area (TPSA) is 53.4 Å². The number of hydrogen-bond acceptors (Lipinski definition) is 3. The lowest BCUT2D eigenvalue weighted by Crippen LogP contribution is -2.32. The molecule has 0 unspecified atom stereocenters.